The van der Waals surface area contributed by atoms with Gasteiger partial charge in [-0.1, -0.05) is 6.42 Å². The Morgan fingerprint density at radius 3 is 2.86 bits per heavy atom. The Hall–Kier alpha value is -1.01. The summed E-state index contributed by atoms with van der Waals surface area (Å²) in [6.07, 6.45) is 4.12. The largest absolute Gasteiger partial charge is 0.336 e. The van der Waals surface area contributed by atoms with Crippen molar-refractivity contribution >= 4 is 34.9 Å². The van der Waals surface area contributed by atoms with Gasteiger partial charge >= 0.3 is 0 Å². The summed E-state index contributed by atoms with van der Waals surface area (Å²) in [5, 5.41) is 2.11. The van der Waals surface area contributed by atoms with E-state index >= 15 is 0 Å². The van der Waals surface area contributed by atoms with Crippen LogP contribution >= 0.6 is 23.1 Å². The van der Waals surface area contributed by atoms with E-state index in [1.807, 2.05) is 9.80 Å². The minimum atomic E-state index is -0.238. The van der Waals surface area contributed by atoms with Crippen LogP contribution in [-0.2, 0) is 22.6 Å². The molecule has 1 aliphatic carbocycles. The van der Waals surface area contributed by atoms with Crippen LogP contribution in [0, 0.1) is 5.92 Å². The van der Waals surface area contributed by atoms with Gasteiger partial charge in [-0.25, -0.2) is 0 Å². The number of hydrogen-bond acceptors (Lipinski definition) is 4. The first kappa shape index (κ1) is 14.6. The van der Waals surface area contributed by atoms with Crippen molar-refractivity contribution in [3.05, 3.63) is 21.9 Å². The molecule has 1 unspecified atom stereocenters. The predicted octanol–water partition coefficient (Wildman–Crippen LogP) is 2.33. The Kier molecular flexibility index (Phi) is 3.90. The Bertz CT molecular complexity index is 597. The quantitative estimate of drug-likeness (QED) is 0.832. The van der Waals surface area contributed by atoms with Gasteiger partial charge in [-0.05, 0) is 36.3 Å². The minimum absolute atomic E-state index is 0.148. The maximum atomic E-state index is 12.9. The van der Waals surface area contributed by atoms with Gasteiger partial charge < -0.3 is 9.80 Å². The third-order valence-electron chi connectivity index (χ3n) is 5.02. The van der Waals surface area contributed by atoms with Gasteiger partial charge in [0.1, 0.15) is 6.04 Å². The summed E-state index contributed by atoms with van der Waals surface area (Å²) in [4.78, 5) is 30.6. The fraction of sp³-hybridized carbons (Fsp3) is 0.625. The molecule has 1 aromatic rings. The smallest absolute Gasteiger partial charge is 0.246 e. The summed E-state index contributed by atoms with van der Waals surface area (Å²) in [6, 6.07) is 1.89. The monoisotopic (exact) mass is 336 g/mol. The van der Waals surface area contributed by atoms with E-state index in [0.717, 1.165) is 38.0 Å². The van der Waals surface area contributed by atoms with Crippen molar-refractivity contribution in [2.45, 2.75) is 38.3 Å². The molecule has 4 rings (SSSR count). The average molecular weight is 336 g/mol. The third-order valence-corrected chi connectivity index (χ3v) is 7.06. The fourth-order valence-corrected chi connectivity index (χ4v) is 5.45. The van der Waals surface area contributed by atoms with Gasteiger partial charge in [0.25, 0.3) is 0 Å². The number of rotatable bonds is 2. The molecule has 118 valence electrons. The first-order valence-corrected chi connectivity index (χ1v) is 10.00. The number of thioether (sulfide) groups is 1. The van der Waals surface area contributed by atoms with E-state index in [2.05, 4.69) is 11.4 Å². The van der Waals surface area contributed by atoms with Crippen LogP contribution in [0.1, 0.15) is 29.7 Å². The molecule has 0 aromatic carbocycles. The fourth-order valence-electron chi connectivity index (χ4n) is 3.40. The summed E-state index contributed by atoms with van der Waals surface area (Å²) in [5.41, 5.74) is 1.28. The molecule has 1 atom stereocenters. The lowest BCUT2D eigenvalue weighted by Crippen LogP contribution is -2.51. The molecule has 6 heteroatoms. The maximum absolute atomic E-state index is 12.9. The summed E-state index contributed by atoms with van der Waals surface area (Å²) in [7, 11) is 0. The van der Waals surface area contributed by atoms with Gasteiger partial charge in [0, 0.05) is 29.6 Å². The Balaban J connectivity index is 1.46. The van der Waals surface area contributed by atoms with Crippen molar-refractivity contribution in [3.63, 3.8) is 0 Å². The molecule has 2 amide bonds. The lowest BCUT2D eigenvalue weighted by molar-refractivity contribution is -0.147. The lowest BCUT2D eigenvalue weighted by atomic mass is 9.84. The van der Waals surface area contributed by atoms with Gasteiger partial charge in [-0.3, -0.25) is 9.59 Å². The van der Waals surface area contributed by atoms with Crippen molar-refractivity contribution in [2.75, 3.05) is 18.2 Å². The molecule has 4 nitrogen and oxygen atoms in total. The van der Waals surface area contributed by atoms with E-state index in [1.165, 1.54) is 10.4 Å². The average Bonchev–Trinajstić information content (AvgIpc) is 3.12. The highest BCUT2D eigenvalue weighted by Crippen LogP contribution is 2.33. The van der Waals surface area contributed by atoms with Gasteiger partial charge in [-0.15, -0.1) is 23.1 Å². The molecule has 3 heterocycles. The molecular weight excluding hydrogens is 316 g/mol. The molecule has 0 bridgehead atoms. The maximum Gasteiger partial charge on any atom is 0.246 e. The molecule has 2 aliphatic heterocycles. The zero-order chi connectivity index (χ0) is 15.1. The highest BCUT2D eigenvalue weighted by Gasteiger charge is 2.41. The zero-order valence-electron chi connectivity index (χ0n) is 12.5. The van der Waals surface area contributed by atoms with Crippen LogP contribution in [0.15, 0.2) is 11.4 Å². The Labute approximate surface area is 138 Å². The Morgan fingerprint density at radius 2 is 2.09 bits per heavy atom. The van der Waals surface area contributed by atoms with Crippen molar-refractivity contribution in [1.29, 1.82) is 0 Å². The van der Waals surface area contributed by atoms with E-state index in [0.29, 0.717) is 12.4 Å². The highest BCUT2D eigenvalue weighted by molar-refractivity contribution is 7.99. The molecule has 1 aromatic heterocycles. The third kappa shape index (κ3) is 2.46. The van der Waals surface area contributed by atoms with Crippen LogP contribution in [0.2, 0.25) is 0 Å². The van der Waals surface area contributed by atoms with Crippen molar-refractivity contribution in [1.82, 2.24) is 9.80 Å². The topological polar surface area (TPSA) is 40.6 Å². The van der Waals surface area contributed by atoms with Crippen LogP contribution in [0.25, 0.3) is 0 Å². The van der Waals surface area contributed by atoms with Crippen LogP contribution in [0.3, 0.4) is 0 Å². The normalized spacial score (nSPS) is 25.0. The zero-order valence-corrected chi connectivity index (χ0v) is 14.1. The predicted molar refractivity (Wildman–Crippen MR) is 88.7 cm³/mol. The number of amides is 2. The molecular formula is C16H20N2O2S2. The van der Waals surface area contributed by atoms with Gasteiger partial charge in [-0.2, -0.15) is 0 Å². The van der Waals surface area contributed by atoms with Gasteiger partial charge in [0.2, 0.25) is 11.8 Å². The van der Waals surface area contributed by atoms with Crippen molar-refractivity contribution in [3.8, 4) is 0 Å². The standard InChI is InChI=1S/C16H20N2O2S2/c19-15(11-2-1-3-11)18-10-21-9-13(18)16(20)17-6-4-14-12(8-17)5-7-22-14/h5,7,11,13H,1-4,6,8-10H2. The molecule has 3 aliphatic rings. The van der Waals surface area contributed by atoms with Gasteiger partial charge in [0.15, 0.2) is 0 Å². The number of hydrogen-bond donors (Lipinski definition) is 0. The van der Waals surface area contributed by atoms with Crippen LogP contribution in [-0.4, -0.2) is 45.8 Å². The SMILES string of the molecule is O=C(C1CSCN1C(=O)C1CCC1)N1CCc2sccc2C1. The summed E-state index contributed by atoms with van der Waals surface area (Å²) in [5.74, 6) is 1.98. The molecule has 0 radical (unpaired) electrons. The Morgan fingerprint density at radius 1 is 1.23 bits per heavy atom. The first-order chi connectivity index (χ1) is 10.7. The number of fused-ring (bicyclic) bond motifs is 1. The summed E-state index contributed by atoms with van der Waals surface area (Å²) in [6.45, 7) is 1.50. The summed E-state index contributed by atoms with van der Waals surface area (Å²) >= 11 is 3.49. The van der Waals surface area contributed by atoms with Crippen molar-refractivity contribution in [2.24, 2.45) is 5.92 Å². The summed E-state index contributed by atoms with van der Waals surface area (Å²) < 4.78 is 0. The van der Waals surface area contributed by atoms with E-state index in [4.69, 9.17) is 0 Å². The van der Waals surface area contributed by atoms with E-state index in [1.54, 1.807) is 23.1 Å². The first-order valence-electron chi connectivity index (χ1n) is 7.96. The lowest BCUT2D eigenvalue weighted by Gasteiger charge is -2.35. The van der Waals surface area contributed by atoms with E-state index in [9.17, 15) is 9.59 Å². The van der Waals surface area contributed by atoms with E-state index in [-0.39, 0.29) is 23.8 Å². The second-order valence-corrected chi connectivity index (χ2v) is 8.33. The minimum Gasteiger partial charge on any atom is -0.336 e. The molecule has 0 N–H and O–H groups in total. The number of carbonyl (C=O) groups is 2. The molecule has 0 spiro atoms. The second kappa shape index (κ2) is 5.89. The van der Waals surface area contributed by atoms with Gasteiger partial charge in [0.05, 0.1) is 5.88 Å². The second-order valence-electron chi connectivity index (χ2n) is 6.33. The molecule has 1 saturated heterocycles. The number of nitrogens with zero attached hydrogens (tertiary/aromatic N) is 2. The number of carbonyl (C=O) groups excluding carboxylic acids is 2. The van der Waals surface area contributed by atoms with E-state index < -0.39 is 0 Å². The number of thiophene rings is 1. The van der Waals surface area contributed by atoms with Crippen LogP contribution in [0.4, 0.5) is 0 Å². The molecule has 2 fully saturated rings. The van der Waals surface area contributed by atoms with Crippen LogP contribution in [0.5, 0.6) is 0 Å². The molecule has 1 saturated carbocycles. The van der Waals surface area contributed by atoms with Crippen LogP contribution < -0.4 is 0 Å². The molecule has 22 heavy (non-hydrogen) atoms. The highest BCUT2D eigenvalue weighted by atomic mass is 32.2. The van der Waals surface area contributed by atoms with Crippen molar-refractivity contribution < 1.29 is 9.59 Å².